The zero-order valence-electron chi connectivity index (χ0n) is 29.7. The highest BCUT2D eigenvalue weighted by atomic mass is 16.6. The molecule has 0 aliphatic carbocycles. The van der Waals surface area contributed by atoms with Crippen molar-refractivity contribution < 1.29 is 47.4 Å². The van der Waals surface area contributed by atoms with Crippen molar-refractivity contribution in [2.45, 2.75) is 34.0 Å². The monoisotopic (exact) mass is 684 g/mol. The molecular formula is C39H56O10. The number of rotatable bonds is 30. The molecule has 0 fully saturated rings. The molecule has 3 aromatic carbocycles. The summed E-state index contributed by atoms with van der Waals surface area (Å²) in [6.45, 7) is 15.3. The highest BCUT2D eigenvalue weighted by molar-refractivity contribution is 5.42. The van der Waals surface area contributed by atoms with E-state index < -0.39 is 0 Å². The van der Waals surface area contributed by atoms with Crippen molar-refractivity contribution in [3.63, 3.8) is 0 Å². The Morgan fingerprint density at radius 3 is 1.00 bits per heavy atom. The molecule has 0 saturated heterocycles. The van der Waals surface area contributed by atoms with Crippen LogP contribution in [0.3, 0.4) is 0 Å². The molecule has 10 nitrogen and oxygen atoms in total. The van der Waals surface area contributed by atoms with E-state index in [9.17, 15) is 0 Å². The van der Waals surface area contributed by atoms with E-state index in [-0.39, 0.29) is 0 Å². The highest BCUT2D eigenvalue weighted by Gasteiger charge is 2.06. The van der Waals surface area contributed by atoms with Gasteiger partial charge >= 0.3 is 0 Å². The number of hydrogen-bond acceptors (Lipinski definition) is 10. The number of benzene rings is 3. The lowest BCUT2D eigenvalue weighted by Gasteiger charge is -2.14. The normalized spacial score (nSPS) is 11.2. The van der Waals surface area contributed by atoms with Crippen molar-refractivity contribution in [3.05, 3.63) is 94.5 Å². The molecule has 0 atom stereocenters. The Bertz CT molecular complexity index is 1220. The summed E-state index contributed by atoms with van der Waals surface area (Å²) in [7, 11) is 0. The fourth-order valence-electron chi connectivity index (χ4n) is 4.34. The van der Waals surface area contributed by atoms with Gasteiger partial charge in [-0.1, -0.05) is 65.7 Å². The molecule has 49 heavy (non-hydrogen) atoms. The van der Waals surface area contributed by atoms with Crippen molar-refractivity contribution in [1.82, 2.24) is 0 Å². The van der Waals surface area contributed by atoms with Crippen LogP contribution in [0.2, 0.25) is 0 Å². The largest absolute Gasteiger partial charge is 0.487 e. The molecule has 0 saturated carbocycles. The lowest BCUT2D eigenvalue weighted by Crippen LogP contribution is -2.15. The van der Waals surface area contributed by atoms with Crippen molar-refractivity contribution in [1.29, 1.82) is 0 Å². The summed E-state index contributed by atoms with van der Waals surface area (Å²) < 4.78 is 56.6. The Morgan fingerprint density at radius 2 is 0.612 bits per heavy atom. The van der Waals surface area contributed by atoms with Gasteiger partial charge in [-0.15, -0.1) is 0 Å². The summed E-state index contributed by atoms with van der Waals surface area (Å²) in [6.07, 6.45) is 0. The van der Waals surface area contributed by atoms with Crippen LogP contribution >= 0.6 is 0 Å². The highest BCUT2D eigenvalue weighted by Crippen LogP contribution is 2.28. The first-order valence-corrected chi connectivity index (χ1v) is 17.2. The van der Waals surface area contributed by atoms with Crippen LogP contribution < -0.4 is 9.47 Å². The summed E-state index contributed by atoms with van der Waals surface area (Å²) in [5.74, 6) is 1.36. The average Bonchev–Trinajstić information content (AvgIpc) is 3.10. The molecule has 0 aromatic heterocycles. The van der Waals surface area contributed by atoms with Gasteiger partial charge in [-0.2, -0.15) is 0 Å². The quantitative estimate of drug-likeness (QED) is 0.0791. The van der Waals surface area contributed by atoms with Gasteiger partial charge in [0.05, 0.1) is 106 Å². The Kier molecular flexibility index (Phi) is 22.0. The molecule has 0 aliphatic rings. The molecule has 3 aromatic rings. The van der Waals surface area contributed by atoms with Gasteiger partial charge in [0.25, 0.3) is 0 Å². The van der Waals surface area contributed by atoms with Gasteiger partial charge < -0.3 is 47.4 Å². The van der Waals surface area contributed by atoms with E-state index in [4.69, 9.17) is 47.4 Å². The Hall–Kier alpha value is -3.06. The summed E-state index contributed by atoms with van der Waals surface area (Å²) in [6, 6.07) is 22.5. The zero-order valence-corrected chi connectivity index (χ0v) is 29.7. The maximum atomic E-state index is 5.93. The molecule has 0 N–H and O–H groups in total. The molecule has 0 bridgehead atoms. The molecule has 0 unspecified atom stereocenters. The summed E-state index contributed by atoms with van der Waals surface area (Å²) in [4.78, 5) is 0. The summed E-state index contributed by atoms with van der Waals surface area (Å²) >= 11 is 0. The lowest BCUT2D eigenvalue weighted by atomic mass is 10.2. The summed E-state index contributed by atoms with van der Waals surface area (Å²) in [5, 5.41) is 0. The van der Waals surface area contributed by atoms with Crippen LogP contribution in [0.25, 0.3) is 0 Å². The second-order valence-electron chi connectivity index (χ2n) is 11.4. The molecule has 272 valence electrons. The average molecular weight is 685 g/mol. The van der Waals surface area contributed by atoms with Crippen molar-refractivity contribution in [3.8, 4) is 11.5 Å². The number of ether oxygens (including phenoxy) is 10. The molecule has 0 radical (unpaired) electrons. The summed E-state index contributed by atoms with van der Waals surface area (Å²) in [5.41, 5.74) is 5.91. The molecule has 0 aliphatic heterocycles. The maximum Gasteiger partial charge on any atom is 0.161 e. The predicted molar refractivity (Wildman–Crippen MR) is 189 cm³/mol. The maximum absolute atomic E-state index is 5.93. The van der Waals surface area contributed by atoms with Crippen LogP contribution in [-0.2, 0) is 51.1 Å². The van der Waals surface area contributed by atoms with Crippen LogP contribution in [-0.4, -0.2) is 106 Å². The second kappa shape index (κ2) is 26.8. The van der Waals surface area contributed by atoms with Crippen molar-refractivity contribution >= 4 is 0 Å². The van der Waals surface area contributed by atoms with Gasteiger partial charge in [0.1, 0.15) is 13.2 Å². The minimum atomic E-state index is 0.406. The standard InChI is InChI=1S/C39H56O10/c1-33-4-9-36(10-5-33)31-46-24-22-42-16-14-40-18-20-44-26-28-48-38-13-8-35(3)30-39(38)49-29-27-45-21-19-41-15-17-43-23-25-47-32-37-11-6-34(2)7-12-37/h4-13,30H,14-29,31-32H2,1-3H3. The fourth-order valence-corrected chi connectivity index (χ4v) is 4.34. The number of hydrogen-bond donors (Lipinski definition) is 0. The zero-order chi connectivity index (χ0) is 34.6. The van der Waals surface area contributed by atoms with E-state index in [1.807, 2.05) is 25.1 Å². The Balaban J connectivity index is 1.07. The Labute approximate surface area is 292 Å². The first-order valence-electron chi connectivity index (χ1n) is 17.2. The van der Waals surface area contributed by atoms with Gasteiger partial charge in [0, 0.05) is 0 Å². The first kappa shape index (κ1) is 40.4. The second-order valence-corrected chi connectivity index (χ2v) is 11.4. The van der Waals surface area contributed by atoms with Gasteiger partial charge in [0.15, 0.2) is 11.5 Å². The molecular weight excluding hydrogens is 628 g/mol. The minimum absolute atomic E-state index is 0.406. The van der Waals surface area contributed by atoms with E-state index in [0.717, 1.165) is 16.7 Å². The van der Waals surface area contributed by atoms with E-state index in [1.165, 1.54) is 11.1 Å². The van der Waals surface area contributed by atoms with Gasteiger partial charge in [0.2, 0.25) is 0 Å². The van der Waals surface area contributed by atoms with Gasteiger partial charge in [-0.05, 0) is 49.6 Å². The van der Waals surface area contributed by atoms with Gasteiger partial charge in [-0.3, -0.25) is 0 Å². The third-order valence-corrected chi connectivity index (χ3v) is 7.08. The third-order valence-electron chi connectivity index (χ3n) is 7.08. The minimum Gasteiger partial charge on any atom is -0.487 e. The van der Waals surface area contributed by atoms with Crippen molar-refractivity contribution in [2.24, 2.45) is 0 Å². The van der Waals surface area contributed by atoms with Crippen LogP contribution in [0, 0.1) is 20.8 Å². The number of aryl methyl sites for hydroxylation is 3. The van der Waals surface area contributed by atoms with Crippen LogP contribution in [0.5, 0.6) is 11.5 Å². The molecule has 3 rings (SSSR count). The third kappa shape index (κ3) is 20.3. The van der Waals surface area contributed by atoms with Crippen LogP contribution in [0.15, 0.2) is 66.7 Å². The predicted octanol–water partition coefficient (Wildman–Crippen LogP) is 5.90. The van der Waals surface area contributed by atoms with Gasteiger partial charge in [-0.25, -0.2) is 0 Å². The smallest absolute Gasteiger partial charge is 0.161 e. The molecule has 10 heteroatoms. The van der Waals surface area contributed by atoms with E-state index in [0.29, 0.717) is 130 Å². The van der Waals surface area contributed by atoms with Crippen molar-refractivity contribution in [2.75, 3.05) is 106 Å². The SMILES string of the molecule is Cc1ccc(COCCOCCOCCOCCOc2ccc(C)cc2OCCOCCOCCOCCOCc2ccc(C)cc2)cc1. The van der Waals surface area contributed by atoms with E-state index >= 15 is 0 Å². The van der Waals surface area contributed by atoms with Crippen LogP contribution in [0.4, 0.5) is 0 Å². The van der Waals surface area contributed by atoms with E-state index in [1.54, 1.807) is 0 Å². The fraction of sp³-hybridized carbons (Fsp3) is 0.538. The first-order chi connectivity index (χ1) is 24.1. The Morgan fingerprint density at radius 1 is 0.306 bits per heavy atom. The molecule has 0 spiro atoms. The van der Waals surface area contributed by atoms with E-state index in [2.05, 4.69) is 62.4 Å². The van der Waals surface area contributed by atoms with Crippen LogP contribution in [0.1, 0.15) is 27.8 Å². The molecule has 0 amide bonds. The topological polar surface area (TPSA) is 92.3 Å². The molecule has 0 heterocycles. The lowest BCUT2D eigenvalue weighted by molar-refractivity contribution is -0.00735.